The molecule has 1 amide bonds. The Bertz CT molecular complexity index is 512. The largest absolute Gasteiger partial charge is 0.392 e. The van der Waals surface area contributed by atoms with Crippen LogP contribution in [0.2, 0.25) is 0 Å². The summed E-state index contributed by atoms with van der Waals surface area (Å²) in [5.74, 6) is -0.787. The number of amides is 1. The second kappa shape index (κ2) is 6.54. The molecule has 114 valence electrons. The molecule has 1 unspecified atom stereocenters. The van der Waals surface area contributed by atoms with Gasteiger partial charge in [0.1, 0.15) is 5.92 Å². The SMILES string of the molecule is CN(CC1(O)CCCC1)C(=O)C(C(N)=S)c1ccccc1. The Balaban J connectivity index is 2.13. The molecule has 0 bridgehead atoms. The lowest BCUT2D eigenvalue weighted by Gasteiger charge is -2.31. The van der Waals surface area contributed by atoms with Gasteiger partial charge in [-0.3, -0.25) is 4.79 Å². The predicted octanol–water partition coefficient (Wildman–Crippen LogP) is 1.82. The minimum atomic E-state index is -0.762. The normalized spacial score (nSPS) is 18.2. The van der Waals surface area contributed by atoms with Gasteiger partial charge in [-0.05, 0) is 18.4 Å². The van der Waals surface area contributed by atoms with Gasteiger partial charge < -0.3 is 15.7 Å². The number of nitrogens with zero attached hydrogens (tertiary/aromatic N) is 1. The number of hydrogen-bond donors (Lipinski definition) is 2. The molecule has 1 aliphatic carbocycles. The number of hydrogen-bond acceptors (Lipinski definition) is 3. The van der Waals surface area contributed by atoms with E-state index in [2.05, 4.69) is 0 Å². The molecule has 1 fully saturated rings. The topological polar surface area (TPSA) is 66.6 Å². The zero-order valence-electron chi connectivity index (χ0n) is 12.3. The van der Waals surface area contributed by atoms with Gasteiger partial charge in [-0.15, -0.1) is 0 Å². The molecule has 3 N–H and O–H groups in total. The van der Waals surface area contributed by atoms with Crippen molar-refractivity contribution in [3.63, 3.8) is 0 Å². The van der Waals surface area contributed by atoms with Gasteiger partial charge in [0.15, 0.2) is 0 Å². The van der Waals surface area contributed by atoms with Gasteiger partial charge >= 0.3 is 0 Å². The molecule has 4 nitrogen and oxygen atoms in total. The number of rotatable bonds is 5. The fourth-order valence-corrected chi connectivity index (χ4v) is 3.24. The van der Waals surface area contributed by atoms with Crippen LogP contribution in [0, 0.1) is 0 Å². The number of carbonyl (C=O) groups excluding carboxylic acids is 1. The Labute approximate surface area is 130 Å². The fourth-order valence-electron chi connectivity index (χ4n) is 3.01. The third-order valence-electron chi connectivity index (χ3n) is 4.11. The van der Waals surface area contributed by atoms with Crippen LogP contribution in [-0.2, 0) is 4.79 Å². The van der Waals surface area contributed by atoms with Crippen molar-refractivity contribution in [1.29, 1.82) is 0 Å². The van der Waals surface area contributed by atoms with Crippen LogP contribution in [0.1, 0.15) is 37.2 Å². The maximum absolute atomic E-state index is 12.7. The van der Waals surface area contributed by atoms with Crippen LogP contribution in [0.25, 0.3) is 0 Å². The molecule has 2 rings (SSSR count). The number of aliphatic hydroxyl groups is 1. The highest BCUT2D eigenvalue weighted by molar-refractivity contribution is 7.80. The summed E-state index contributed by atoms with van der Waals surface area (Å²) in [6.45, 7) is 0.331. The van der Waals surface area contributed by atoms with Crippen LogP contribution in [0.15, 0.2) is 30.3 Å². The molecule has 1 aliphatic rings. The molecule has 1 aromatic rings. The number of nitrogens with two attached hydrogens (primary N) is 1. The van der Waals surface area contributed by atoms with E-state index < -0.39 is 11.5 Å². The highest BCUT2D eigenvalue weighted by atomic mass is 32.1. The van der Waals surface area contributed by atoms with E-state index in [1.165, 1.54) is 0 Å². The van der Waals surface area contributed by atoms with Crippen molar-refractivity contribution >= 4 is 23.1 Å². The second-order valence-electron chi connectivity index (χ2n) is 5.87. The molecule has 1 saturated carbocycles. The summed E-state index contributed by atoms with van der Waals surface area (Å²) in [7, 11) is 1.70. The van der Waals surface area contributed by atoms with E-state index in [1.807, 2.05) is 30.3 Å². The first-order valence-electron chi connectivity index (χ1n) is 7.24. The lowest BCUT2D eigenvalue weighted by Crippen LogP contribution is -2.45. The van der Waals surface area contributed by atoms with E-state index in [4.69, 9.17) is 18.0 Å². The summed E-state index contributed by atoms with van der Waals surface area (Å²) in [4.78, 5) is 14.4. The maximum Gasteiger partial charge on any atom is 0.236 e. The van der Waals surface area contributed by atoms with Crippen molar-refractivity contribution in [2.45, 2.75) is 37.2 Å². The Morgan fingerprint density at radius 2 is 1.95 bits per heavy atom. The van der Waals surface area contributed by atoms with Gasteiger partial charge in [-0.1, -0.05) is 55.4 Å². The van der Waals surface area contributed by atoms with E-state index in [0.29, 0.717) is 6.54 Å². The third kappa shape index (κ3) is 3.80. The fraction of sp³-hybridized carbons (Fsp3) is 0.500. The number of likely N-dealkylation sites (N-methyl/N-ethyl adjacent to an activating group) is 1. The molecule has 5 heteroatoms. The molecule has 0 aliphatic heterocycles. The summed E-state index contributed by atoms with van der Waals surface area (Å²) in [5.41, 5.74) is 5.80. The lowest BCUT2D eigenvalue weighted by atomic mass is 9.96. The summed E-state index contributed by atoms with van der Waals surface area (Å²) in [6, 6.07) is 9.30. The molecule has 1 atom stereocenters. The van der Waals surface area contributed by atoms with Gasteiger partial charge in [-0.2, -0.15) is 0 Å². The van der Waals surface area contributed by atoms with Crippen molar-refractivity contribution in [2.24, 2.45) is 5.73 Å². The van der Waals surface area contributed by atoms with E-state index in [-0.39, 0.29) is 10.9 Å². The molecule has 1 aromatic carbocycles. The van der Waals surface area contributed by atoms with Gasteiger partial charge in [0.2, 0.25) is 5.91 Å². The first kappa shape index (κ1) is 15.9. The monoisotopic (exact) mass is 306 g/mol. The Morgan fingerprint density at radius 1 is 1.38 bits per heavy atom. The van der Waals surface area contributed by atoms with Crippen LogP contribution in [-0.4, -0.2) is 40.1 Å². The van der Waals surface area contributed by atoms with Crippen molar-refractivity contribution in [2.75, 3.05) is 13.6 Å². The molecule has 21 heavy (non-hydrogen) atoms. The highest BCUT2D eigenvalue weighted by Crippen LogP contribution is 2.30. The minimum absolute atomic E-state index is 0.158. The summed E-state index contributed by atoms with van der Waals surface area (Å²) >= 11 is 5.07. The summed E-state index contributed by atoms with van der Waals surface area (Å²) in [6.07, 6.45) is 3.51. The third-order valence-corrected chi connectivity index (χ3v) is 4.34. The molecular weight excluding hydrogens is 284 g/mol. The Morgan fingerprint density at radius 3 is 2.48 bits per heavy atom. The van der Waals surface area contributed by atoms with Crippen molar-refractivity contribution in [3.05, 3.63) is 35.9 Å². The molecule has 0 radical (unpaired) electrons. The number of thiocarbonyl (C=S) groups is 1. The zero-order chi connectivity index (χ0) is 15.5. The molecule has 0 saturated heterocycles. The number of carbonyl (C=O) groups is 1. The minimum Gasteiger partial charge on any atom is -0.392 e. The molecule has 0 aromatic heterocycles. The van der Waals surface area contributed by atoms with E-state index in [1.54, 1.807) is 11.9 Å². The van der Waals surface area contributed by atoms with Crippen LogP contribution in [0.4, 0.5) is 0 Å². The first-order chi connectivity index (χ1) is 9.93. The Kier molecular flexibility index (Phi) is 4.96. The van der Waals surface area contributed by atoms with E-state index in [9.17, 15) is 9.90 Å². The smallest absolute Gasteiger partial charge is 0.236 e. The Hall–Kier alpha value is -1.46. The zero-order valence-corrected chi connectivity index (χ0v) is 13.1. The average Bonchev–Trinajstić information content (AvgIpc) is 2.86. The van der Waals surface area contributed by atoms with Crippen molar-refractivity contribution in [3.8, 4) is 0 Å². The maximum atomic E-state index is 12.7. The van der Waals surface area contributed by atoms with Gasteiger partial charge in [0.05, 0.1) is 10.6 Å². The lowest BCUT2D eigenvalue weighted by molar-refractivity contribution is -0.133. The first-order valence-corrected chi connectivity index (χ1v) is 7.65. The van der Waals surface area contributed by atoms with Gasteiger partial charge in [0, 0.05) is 13.6 Å². The average molecular weight is 306 g/mol. The van der Waals surface area contributed by atoms with Crippen LogP contribution in [0.5, 0.6) is 0 Å². The number of benzene rings is 1. The molecular formula is C16H22N2O2S. The summed E-state index contributed by atoms with van der Waals surface area (Å²) < 4.78 is 0. The molecule has 0 spiro atoms. The quantitative estimate of drug-likeness (QED) is 0.814. The predicted molar refractivity (Wildman–Crippen MR) is 87.0 cm³/mol. The highest BCUT2D eigenvalue weighted by Gasteiger charge is 2.35. The summed E-state index contributed by atoms with van der Waals surface area (Å²) in [5, 5.41) is 10.4. The molecule has 0 heterocycles. The van der Waals surface area contributed by atoms with Crippen LogP contribution >= 0.6 is 12.2 Å². The van der Waals surface area contributed by atoms with Gasteiger partial charge in [-0.25, -0.2) is 0 Å². The van der Waals surface area contributed by atoms with Crippen LogP contribution < -0.4 is 5.73 Å². The second-order valence-corrected chi connectivity index (χ2v) is 6.34. The van der Waals surface area contributed by atoms with Crippen molar-refractivity contribution in [1.82, 2.24) is 4.90 Å². The van der Waals surface area contributed by atoms with Crippen LogP contribution in [0.3, 0.4) is 0 Å². The van der Waals surface area contributed by atoms with E-state index >= 15 is 0 Å². The van der Waals surface area contributed by atoms with E-state index in [0.717, 1.165) is 31.2 Å². The van der Waals surface area contributed by atoms with Crippen molar-refractivity contribution < 1.29 is 9.90 Å². The standard InChI is InChI=1S/C16H22N2O2S/c1-18(11-16(20)9-5-6-10-16)15(19)13(14(17)21)12-7-3-2-4-8-12/h2-4,7-8,13,20H,5-6,9-11H2,1H3,(H2,17,21). The van der Waals surface area contributed by atoms with Gasteiger partial charge in [0.25, 0.3) is 0 Å².